The van der Waals surface area contributed by atoms with Crippen molar-refractivity contribution in [1.82, 2.24) is 25.4 Å². The lowest BCUT2D eigenvalue weighted by Gasteiger charge is -2.10. The summed E-state index contributed by atoms with van der Waals surface area (Å²) in [6.07, 6.45) is 2.09. The number of nitrogens with one attached hydrogen (secondary N) is 2. The summed E-state index contributed by atoms with van der Waals surface area (Å²) in [5.41, 5.74) is 0. The van der Waals surface area contributed by atoms with Crippen LogP contribution in [0.2, 0.25) is 0 Å². The smallest absolute Gasteiger partial charge is 0.191 e. The van der Waals surface area contributed by atoms with Gasteiger partial charge < -0.3 is 15.2 Å². The molecular formula is C11H22N6S. The Labute approximate surface area is 113 Å². The molecular weight excluding hydrogens is 248 g/mol. The monoisotopic (exact) mass is 270 g/mol. The van der Waals surface area contributed by atoms with Crippen molar-refractivity contribution in [2.24, 2.45) is 12.0 Å². The molecule has 18 heavy (non-hydrogen) atoms. The topological polar surface area (TPSA) is 67.1 Å². The third-order valence-corrected chi connectivity index (χ3v) is 3.12. The summed E-state index contributed by atoms with van der Waals surface area (Å²) in [5.74, 6) is 3.66. The maximum atomic E-state index is 4.49. The van der Waals surface area contributed by atoms with Crippen LogP contribution in [0.25, 0.3) is 0 Å². The predicted molar refractivity (Wildman–Crippen MR) is 76.9 cm³/mol. The summed E-state index contributed by atoms with van der Waals surface area (Å²) in [6.45, 7) is 6.28. The second kappa shape index (κ2) is 7.97. The molecule has 0 radical (unpaired) electrons. The molecule has 6 nitrogen and oxygen atoms in total. The van der Waals surface area contributed by atoms with Gasteiger partial charge in [-0.2, -0.15) is 11.8 Å². The second-order valence-corrected chi connectivity index (χ2v) is 4.82. The fraction of sp³-hybridized carbons (Fsp3) is 0.727. The van der Waals surface area contributed by atoms with Gasteiger partial charge in [0.2, 0.25) is 0 Å². The lowest BCUT2D eigenvalue weighted by atomic mass is 10.5. The first-order valence-corrected chi connectivity index (χ1v) is 7.44. The van der Waals surface area contributed by atoms with E-state index in [0.717, 1.165) is 36.5 Å². The first-order chi connectivity index (χ1) is 8.69. The van der Waals surface area contributed by atoms with E-state index < -0.39 is 0 Å². The molecule has 0 spiro atoms. The van der Waals surface area contributed by atoms with Crippen LogP contribution in [0, 0.1) is 6.92 Å². The average Bonchev–Trinajstić information content (AvgIpc) is 2.67. The quantitative estimate of drug-likeness (QED) is 0.449. The number of hydrogen-bond donors (Lipinski definition) is 2. The number of guanidine groups is 1. The Balaban J connectivity index is 2.56. The molecule has 0 aliphatic heterocycles. The summed E-state index contributed by atoms with van der Waals surface area (Å²) >= 11 is 1.81. The van der Waals surface area contributed by atoms with E-state index >= 15 is 0 Å². The van der Waals surface area contributed by atoms with Crippen molar-refractivity contribution in [1.29, 1.82) is 0 Å². The van der Waals surface area contributed by atoms with Gasteiger partial charge in [-0.1, -0.05) is 0 Å². The Kier molecular flexibility index (Phi) is 6.56. The van der Waals surface area contributed by atoms with Gasteiger partial charge in [-0.3, -0.25) is 0 Å². The van der Waals surface area contributed by atoms with Gasteiger partial charge in [0.05, 0.1) is 0 Å². The largest absolute Gasteiger partial charge is 0.357 e. The summed E-state index contributed by atoms with van der Waals surface area (Å²) in [7, 11) is 1.95. The first-order valence-electron chi connectivity index (χ1n) is 6.05. The first kappa shape index (κ1) is 14.8. The molecule has 0 amide bonds. The van der Waals surface area contributed by atoms with Crippen molar-refractivity contribution in [3.05, 3.63) is 11.6 Å². The van der Waals surface area contributed by atoms with E-state index in [1.54, 1.807) is 0 Å². The van der Waals surface area contributed by atoms with Gasteiger partial charge in [0, 0.05) is 25.9 Å². The van der Waals surface area contributed by atoms with Crippen LogP contribution in [-0.2, 0) is 13.6 Å². The van der Waals surface area contributed by atoms with Crippen LogP contribution in [0.4, 0.5) is 0 Å². The van der Waals surface area contributed by atoms with E-state index in [1.807, 2.05) is 30.3 Å². The molecule has 102 valence electrons. The maximum Gasteiger partial charge on any atom is 0.191 e. The highest BCUT2D eigenvalue weighted by Crippen LogP contribution is 1.98. The van der Waals surface area contributed by atoms with Gasteiger partial charge >= 0.3 is 0 Å². The van der Waals surface area contributed by atoms with Crippen molar-refractivity contribution in [3.8, 4) is 0 Å². The summed E-state index contributed by atoms with van der Waals surface area (Å²) < 4.78 is 1.95. The van der Waals surface area contributed by atoms with Crippen LogP contribution in [-0.4, -0.2) is 45.8 Å². The molecule has 1 aromatic rings. The summed E-state index contributed by atoms with van der Waals surface area (Å²) in [5, 5.41) is 14.6. The zero-order chi connectivity index (χ0) is 13.4. The Bertz CT molecular complexity index is 387. The molecule has 0 unspecified atom stereocenters. The van der Waals surface area contributed by atoms with Crippen molar-refractivity contribution >= 4 is 17.7 Å². The van der Waals surface area contributed by atoms with Crippen molar-refractivity contribution < 1.29 is 0 Å². The molecule has 1 heterocycles. The molecule has 1 rings (SSSR count). The van der Waals surface area contributed by atoms with E-state index in [-0.39, 0.29) is 0 Å². The highest BCUT2D eigenvalue weighted by Gasteiger charge is 2.04. The van der Waals surface area contributed by atoms with Crippen molar-refractivity contribution in [3.63, 3.8) is 0 Å². The number of aryl methyl sites for hydroxylation is 1. The molecule has 0 saturated carbocycles. The Morgan fingerprint density at radius 1 is 1.39 bits per heavy atom. The Morgan fingerprint density at radius 3 is 2.72 bits per heavy atom. The zero-order valence-corrected chi connectivity index (χ0v) is 12.3. The SMILES string of the molecule is CCNC(=NCc1nnc(C)n1C)NCCSC. The lowest BCUT2D eigenvalue weighted by molar-refractivity contribution is 0.760. The lowest BCUT2D eigenvalue weighted by Crippen LogP contribution is -2.38. The fourth-order valence-corrected chi connectivity index (χ4v) is 1.66. The fourth-order valence-electron chi connectivity index (χ4n) is 1.35. The van der Waals surface area contributed by atoms with Crippen LogP contribution < -0.4 is 10.6 Å². The standard InChI is InChI=1S/C11H22N6S/c1-5-12-11(13-6-7-18-4)14-8-10-16-15-9(2)17(10)3/h5-8H2,1-4H3,(H2,12,13,14). The van der Waals surface area contributed by atoms with Crippen LogP contribution in [0.1, 0.15) is 18.6 Å². The minimum Gasteiger partial charge on any atom is -0.357 e. The van der Waals surface area contributed by atoms with E-state index in [9.17, 15) is 0 Å². The highest BCUT2D eigenvalue weighted by molar-refractivity contribution is 7.98. The van der Waals surface area contributed by atoms with Crippen molar-refractivity contribution in [2.45, 2.75) is 20.4 Å². The Hall–Kier alpha value is -1.24. The van der Waals surface area contributed by atoms with Gasteiger partial charge in [-0.05, 0) is 20.1 Å². The minimum absolute atomic E-state index is 0.534. The number of aromatic nitrogens is 3. The molecule has 0 saturated heterocycles. The Morgan fingerprint density at radius 2 is 2.17 bits per heavy atom. The zero-order valence-electron chi connectivity index (χ0n) is 11.5. The third-order valence-electron chi connectivity index (χ3n) is 2.50. The van der Waals surface area contributed by atoms with Gasteiger partial charge in [0.15, 0.2) is 11.8 Å². The molecule has 0 atom stereocenters. The molecule has 0 bridgehead atoms. The number of thioether (sulfide) groups is 1. The predicted octanol–water partition coefficient (Wildman–Crippen LogP) is 0.542. The number of hydrogen-bond acceptors (Lipinski definition) is 4. The molecule has 0 fully saturated rings. The molecule has 1 aromatic heterocycles. The second-order valence-electron chi connectivity index (χ2n) is 3.84. The normalized spacial score (nSPS) is 11.7. The maximum absolute atomic E-state index is 4.49. The number of aliphatic imine (C=N–C) groups is 1. The average molecular weight is 270 g/mol. The third kappa shape index (κ3) is 4.56. The van der Waals surface area contributed by atoms with Crippen molar-refractivity contribution in [2.75, 3.05) is 25.1 Å². The van der Waals surface area contributed by atoms with E-state index in [0.29, 0.717) is 6.54 Å². The molecule has 7 heteroatoms. The highest BCUT2D eigenvalue weighted by atomic mass is 32.2. The van der Waals surface area contributed by atoms with Gasteiger partial charge in [-0.25, -0.2) is 4.99 Å². The molecule has 0 aliphatic carbocycles. The van der Waals surface area contributed by atoms with E-state index in [4.69, 9.17) is 0 Å². The van der Waals surface area contributed by atoms with Crippen LogP contribution >= 0.6 is 11.8 Å². The van der Waals surface area contributed by atoms with Crippen LogP contribution in [0.5, 0.6) is 0 Å². The van der Waals surface area contributed by atoms with Crippen LogP contribution in [0.3, 0.4) is 0 Å². The van der Waals surface area contributed by atoms with Gasteiger partial charge in [-0.15, -0.1) is 10.2 Å². The molecule has 2 N–H and O–H groups in total. The molecule has 0 aromatic carbocycles. The number of rotatable bonds is 6. The summed E-state index contributed by atoms with van der Waals surface area (Å²) in [6, 6.07) is 0. The number of nitrogens with zero attached hydrogens (tertiary/aromatic N) is 4. The van der Waals surface area contributed by atoms with Crippen LogP contribution in [0.15, 0.2) is 4.99 Å². The van der Waals surface area contributed by atoms with E-state index in [2.05, 4.69) is 39.0 Å². The van der Waals surface area contributed by atoms with Gasteiger partial charge in [0.1, 0.15) is 12.4 Å². The molecule has 0 aliphatic rings. The minimum atomic E-state index is 0.534. The van der Waals surface area contributed by atoms with Gasteiger partial charge in [0.25, 0.3) is 0 Å². The van der Waals surface area contributed by atoms with E-state index in [1.165, 1.54) is 0 Å². The summed E-state index contributed by atoms with van der Waals surface area (Å²) in [4.78, 5) is 4.49.